The number of nitrogens with zero attached hydrogens (tertiary/aromatic N) is 2. The van der Waals surface area contributed by atoms with Gasteiger partial charge in [0.05, 0.1) is 11.1 Å². The van der Waals surface area contributed by atoms with Gasteiger partial charge in [0, 0.05) is 25.0 Å². The molecular formula is C24H29ClFN3O. The van der Waals surface area contributed by atoms with E-state index in [4.69, 9.17) is 16.3 Å². The third kappa shape index (κ3) is 8.37. The van der Waals surface area contributed by atoms with E-state index in [1.54, 1.807) is 12.4 Å². The number of halogens is 2. The number of aliphatic imine (C=N–C) groups is 2. The van der Waals surface area contributed by atoms with Crippen molar-refractivity contribution in [2.45, 2.75) is 38.5 Å². The number of ether oxygens (including phenoxy) is 1. The highest BCUT2D eigenvalue weighted by molar-refractivity contribution is 6.22. The van der Waals surface area contributed by atoms with Crippen LogP contribution < -0.4 is 5.32 Å². The molecule has 2 unspecified atom stereocenters. The number of hydrogen-bond acceptors (Lipinski definition) is 4. The molecule has 1 N–H and O–H groups in total. The monoisotopic (exact) mass is 429 g/mol. The minimum absolute atomic E-state index is 0.0978. The van der Waals surface area contributed by atoms with Gasteiger partial charge in [0.2, 0.25) is 0 Å². The van der Waals surface area contributed by atoms with Crippen LogP contribution in [0.2, 0.25) is 0 Å². The smallest absolute Gasteiger partial charge is 0.132 e. The molecule has 0 aromatic heterocycles. The van der Waals surface area contributed by atoms with Gasteiger partial charge in [-0.1, -0.05) is 31.7 Å². The van der Waals surface area contributed by atoms with E-state index in [-0.39, 0.29) is 5.92 Å². The lowest BCUT2D eigenvalue weighted by atomic mass is 9.95. The van der Waals surface area contributed by atoms with Gasteiger partial charge in [0.25, 0.3) is 0 Å². The maximum absolute atomic E-state index is 13.5. The molecule has 1 heterocycles. The zero-order chi connectivity index (χ0) is 21.8. The maximum atomic E-state index is 13.5. The molecule has 0 fully saturated rings. The Balaban J connectivity index is 2.12. The third-order valence-electron chi connectivity index (χ3n) is 4.57. The largest absolute Gasteiger partial charge is 0.488 e. The lowest BCUT2D eigenvalue weighted by molar-refractivity contribution is 0.250. The van der Waals surface area contributed by atoms with E-state index in [1.165, 1.54) is 6.08 Å². The Kier molecular flexibility index (Phi) is 10.1. The van der Waals surface area contributed by atoms with Crippen LogP contribution in [0.3, 0.4) is 0 Å². The molecule has 0 bridgehead atoms. The predicted molar refractivity (Wildman–Crippen MR) is 125 cm³/mol. The number of amidine groups is 1. The summed E-state index contributed by atoms with van der Waals surface area (Å²) in [5, 5.41) is 2.68. The zero-order valence-electron chi connectivity index (χ0n) is 17.5. The molecule has 6 heteroatoms. The molecule has 160 valence electrons. The summed E-state index contributed by atoms with van der Waals surface area (Å²) < 4.78 is 19.4. The van der Waals surface area contributed by atoms with Gasteiger partial charge in [-0.15, -0.1) is 11.6 Å². The first kappa shape index (κ1) is 23.6. The standard InChI is InChI=1S/C24H29ClFN3O/c1-4-21(26)14-24(25)18(2)20-12-13-28-19(3)29-22(16-27-15-20)17-30-23-10-8-6-5-7-9-11-23/h4-6,9-11,13-16,18,24,27H,1,7-8,12,17H2,2-3H3/b6-5?,11-9-,20-15+,21-14+,22-16-,23-10+,28-13-,29-19+. The number of allylic oxidation sites excluding steroid dienone is 9. The highest BCUT2D eigenvalue weighted by atomic mass is 35.5. The second-order valence-corrected chi connectivity index (χ2v) is 7.43. The van der Waals surface area contributed by atoms with Crippen LogP contribution in [-0.2, 0) is 4.74 Å². The van der Waals surface area contributed by atoms with Crippen molar-refractivity contribution in [2.75, 3.05) is 6.61 Å². The predicted octanol–water partition coefficient (Wildman–Crippen LogP) is 6.28. The average Bonchev–Trinajstić information content (AvgIpc) is 2.70. The van der Waals surface area contributed by atoms with Crippen LogP contribution in [0.15, 0.2) is 94.4 Å². The maximum Gasteiger partial charge on any atom is 0.132 e. The Hall–Kier alpha value is -2.66. The second kappa shape index (κ2) is 12.8. The first-order chi connectivity index (χ1) is 14.5. The fraction of sp³-hybridized carbons (Fsp3) is 0.333. The Labute approximate surface area is 183 Å². The van der Waals surface area contributed by atoms with Crippen LogP contribution in [0, 0.1) is 5.92 Å². The SMILES string of the molecule is C=C/C(F)=C\C(Cl)C(C)/C1=C/N\C=C(COC2=C/CC=CC/C=C\2)/N=C(C)/N=C\C1. The van der Waals surface area contributed by atoms with Crippen LogP contribution in [0.25, 0.3) is 0 Å². The summed E-state index contributed by atoms with van der Waals surface area (Å²) in [6.07, 6.45) is 20.6. The summed E-state index contributed by atoms with van der Waals surface area (Å²) in [6, 6.07) is 0. The topological polar surface area (TPSA) is 46.0 Å². The quantitative estimate of drug-likeness (QED) is 0.294. The van der Waals surface area contributed by atoms with Crippen LogP contribution in [0.1, 0.15) is 33.1 Å². The van der Waals surface area contributed by atoms with Crippen molar-refractivity contribution in [1.29, 1.82) is 0 Å². The fourth-order valence-corrected chi connectivity index (χ4v) is 3.07. The van der Waals surface area contributed by atoms with Crippen LogP contribution in [-0.4, -0.2) is 24.0 Å². The number of alkyl halides is 1. The number of hydrogen-bond donors (Lipinski definition) is 1. The summed E-state index contributed by atoms with van der Waals surface area (Å²) in [5.74, 6) is 0.920. The Morgan fingerprint density at radius 2 is 2.13 bits per heavy atom. The highest BCUT2D eigenvalue weighted by Gasteiger charge is 2.17. The average molecular weight is 430 g/mol. The summed E-state index contributed by atoms with van der Waals surface area (Å²) in [7, 11) is 0. The molecular weight excluding hydrogens is 401 g/mol. The lowest BCUT2D eigenvalue weighted by Gasteiger charge is -2.18. The van der Waals surface area contributed by atoms with Crippen LogP contribution in [0.4, 0.5) is 4.39 Å². The summed E-state index contributed by atoms with van der Waals surface area (Å²) >= 11 is 6.37. The summed E-state index contributed by atoms with van der Waals surface area (Å²) in [4.78, 5) is 8.92. The molecule has 1 aliphatic heterocycles. The van der Waals surface area contributed by atoms with Crippen LogP contribution >= 0.6 is 11.6 Å². The van der Waals surface area contributed by atoms with E-state index < -0.39 is 11.2 Å². The molecule has 0 spiro atoms. The van der Waals surface area contributed by atoms with E-state index >= 15 is 0 Å². The van der Waals surface area contributed by atoms with E-state index in [0.717, 1.165) is 30.2 Å². The normalized spacial score (nSPS) is 28.9. The molecule has 0 amide bonds. The Morgan fingerprint density at radius 1 is 1.33 bits per heavy atom. The minimum atomic E-state index is -0.499. The van der Waals surface area contributed by atoms with Crippen LogP contribution in [0.5, 0.6) is 0 Å². The first-order valence-electron chi connectivity index (χ1n) is 9.99. The van der Waals surface area contributed by atoms with Gasteiger partial charge in [-0.3, -0.25) is 0 Å². The van der Waals surface area contributed by atoms with Gasteiger partial charge in [0.15, 0.2) is 0 Å². The molecule has 0 aromatic carbocycles. The Morgan fingerprint density at radius 3 is 2.93 bits per heavy atom. The molecule has 2 rings (SSSR count). The molecule has 0 saturated carbocycles. The molecule has 0 saturated heterocycles. The van der Waals surface area contributed by atoms with Crippen molar-refractivity contribution >= 4 is 23.7 Å². The summed E-state index contributed by atoms with van der Waals surface area (Å²) in [6.45, 7) is 7.52. The molecule has 1 aliphatic carbocycles. The van der Waals surface area contributed by atoms with E-state index in [1.807, 2.05) is 32.2 Å². The number of nitrogens with one attached hydrogen (secondary N) is 1. The second-order valence-electron chi connectivity index (χ2n) is 6.93. The van der Waals surface area contributed by atoms with Gasteiger partial charge in [-0.25, -0.2) is 14.4 Å². The van der Waals surface area contributed by atoms with Crippen molar-refractivity contribution < 1.29 is 9.13 Å². The molecule has 4 nitrogen and oxygen atoms in total. The molecule has 0 radical (unpaired) electrons. The molecule has 0 aromatic rings. The highest BCUT2D eigenvalue weighted by Crippen LogP contribution is 2.24. The van der Waals surface area contributed by atoms with Crippen molar-refractivity contribution in [1.82, 2.24) is 5.32 Å². The van der Waals surface area contributed by atoms with Crippen molar-refractivity contribution in [3.8, 4) is 0 Å². The van der Waals surface area contributed by atoms with Gasteiger partial charge in [0.1, 0.15) is 24.0 Å². The lowest BCUT2D eigenvalue weighted by Crippen LogP contribution is -2.15. The third-order valence-corrected chi connectivity index (χ3v) is 5.07. The first-order valence-corrected chi connectivity index (χ1v) is 10.4. The minimum Gasteiger partial charge on any atom is -0.488 e. The van der Waals surface area contributed by atoms with Crippen molar-refractivity contribution in [3.63, 3.8) is 0 Å². The zero-order valence-corrected chi connectivity index (χ0v) is 18.3. The van der Waals surface area contributed by atoms with Gasteiger partial charge in [-0.05, 0) is 55.6 Å². The van der Waals surface area contributed by atoms with E-state index in [9.17, 15) is 4.39 Å². The van der Waals surface area contributed by atoms with Crippen molar-refractivity contribution in [3.05, 3.63) is 84.4 Å². The van der Waals surface area contributed by atoms with Crippen molar-refractivity contribution in [2.24, 2.45) is 15.9 Å². The molecule has 2 atom stereocenters. The van der Waals surface area contributed by atoms with Gasteiger partial charge >= 0.3 is 0 Å². The number of rotatable bonds is 7. The Bertz CT molecular complexity index is 847. The van der Waals surface area contributed by atoms with Gasteiger partial charge in [-0.2, -0.15) is 0 Å². The fourth-order valence-electron chi connectivity index (χ4n) is 2.79. The van der Waals surface area contributed by atoms with Gasteiger partial charge < -0.3 is 10.1 Å². The molecule has 2 aliphatic rings. The molecule has 30 heavy (non-hydrogen) atoms. The summed E-state index contributed by atoms with van der Waals surface area (Å²) in [5.41, 5.74) is 1.71. The van der Waals surface area contributed by atoms with E-state index in [0.29, 0.717) is 24.6 Å². The van der Waals surface area contributed by atoms with E-state index in [2.05, 4.69) is 40.1 Å².